The Bertz CT molecular complexity index is 954. The summed E-state index contributed by atoms with van der Waals surface area (Å²) in [6.45, 7) is 4.13. The Hall–Kier alpha value is -2.89. The van der Waals surface area contributed by atoms with Crippen molar-refractivity contribution in [3.05, 3.63) is 64.2 Å². The van der Waals surface area contributed by atoms with E-state index in [1.54, 1.807) is 7.11 Å². The van der Waals surface area contributed by atoms with Gasteiger partial charge in [-0.25, -0.2) is 9.97 Å². The van der Waals surface area contributed by atoms with Gasteiger partial charge in [0.05, 0.1) is 18.8 Å². The van der Waals surface area contributed by atoms with Gasteiger partial charge in [0.2, 0.25) is 5.95 Å². The summed E-state index contributed by atoms with van der Waals surface area (Å²) in [5, 5.41) is 8.12. The summed E-state index contributed by atoms with van der Waals surface area (Å²) in [5.74, 6) is 1.57. The molecule has 0 radical (unpaired) electrons. The molecule has 0 saturated carbocycles. The van der Waals surface area contributed by atoms with Crippen LogP contribution in [-0.2, 0) is 19.9 Å². The zero-order chi connectivity index (χ0) is 19.7. The summed E-state index contributed by atoms with van der Waals surface area (Å²) < 4.78 is 7.15. The van der Waals surface area contributed by atoms with Gasteiger partial charge in [-0.1, -0.05) is 12.1 Å². The number of nitrogens with one attached hydrogen (secondary N) is 1. The van der Waals surface area contributed by atoms with Crippen LogP contribution in [0.4, 0.5) is 5.95 Å². The van der Waals surface area contributed by atoms with Crippen LogP contribution in [0.5, 0.6) is 5.75 Å². The Kier molecular flexibility index (Phi) is 5.03. The van der Waals surface area contributed by atoms with Crippen LogP contribution in [0.15, 0.2) is 30.5 Å². The Morgan fingerprint density at radius 1 is 1.14 bits per heavy atom. The van der Waals surface area contributed by atoms with Crippen LogP contribution in [-0.4, -0.2) is 26.9 Å². The molecule has 0 fully saturated rings. The van der Waals surface area contributed by atoms with Crippen LogP contribution in [0.25, 0.3) is 0 Å². The highest BCUT2D eigenvalue weighted by Crippen LogP contribution is 2.31. The Morgan fingerprint density at radius 2 is 1.86 bits per heavy atom. The van der Waals surface area contributed by atoms with E-state index in [2.05, 4.69) is 42.6 Å². The van der Waals surface area contributed by atoms with E-state index in [1.165, 1.54) is 22.4 Å². The average Bonchev–Trinajstić information content (AvgIpc) is 3.06. The van der Waals surface area contributed by atoms with E-state index >= 15 is 0 Å². The maximum Gasteiger partial charge on any atom is 0.223 e. The SMILES string of the molecule is COc1ccc(Cc2c(C)nc(NC3CCCc4nn(C)cc43)nc2C)cc1. The van der Waals surface area contributed by atoms with E-state index in [1.807, 2.05) is 23.9 Å². The van der Waals surface area contributed by atoms with Gasteiger partial charge < -0.3 is 10.1 Å². The number of anilines is 1. The van der Waals surface area contributed by atoms with Crippen molar-refractivity contribution in [3.8, 4) is 5.75 Å². The Labute approximate surface area is 166 Å². The second-order valence-corrected chi connectivity index (χ2v) is 7.52. The Balaban J connectivity index is 1.54. The fourth-order valence-corrected chi connectivity index (χ4v) is 3.98. The topological polar surface area (TPSA) is 64.9 Å². The van der Waals surface area contributed by atoms with Gasteiger partial charge in [0.15, 0.2) is 0 Å². The molecule has 0 amide bonds. The minimum atomic E-state index is 0.226. The molecule has 2 heterocycles. The molecule has 1 N–H and O–H groups in total. The predicted octanol–water partition coefficient (Wildman–Crippen LogP) is 3.92. The lowest BCUT2D eigenvalue weighted by Crippen LogP contribution is -2.18. The van der Waals surface area contributed by atoms with Gasteiger partial charge in [0.1, 0.15) is 5.75 Å². The lowest BCUT2D eigenvalue weighted by Gasteiger charge is -2.23. The molecule has 0 saturated heterocycles. The fourth-order valence-electron chi connectivity index (χ4n) is 3.98. The smallest absolute Gasteiger partial charge is 0.223 e. The minimum Gasteiger partial charge on any atom is -0.497 e. The standard InChI is InChI=1S/C22H27N5O/c1-14-18(12-16-8-10-17(28-4)11-9-16)15(2)24-22(23-14)25-20-6-5-7-21-19(20)13-27(3)26-21/h8-11,13,20H,5-7,12H2,1-4H3,(H,23,24,25). The van der Waals surface area contributed by atoms with Gasteiger partial charge >= 0.3 is 0 Å². The summed E-state index contributed by atoms with van der Waals surface area (Å²) in [4.78, 5) is 9.53. The normalized spacial score (nSPS) is 15.9. The first-order valence-electron chi connectivity index (χ1n) is 9.79. The highest BCUT2D eigenvalue weighted by molar-refractivity contribution is 5.41. The molecule has 1 aliphatic rings. The molecule has 146 valence electrons. The number of aryl methyl sites for hydroxylation is 4. The number of benzene rings is 1. The van der Waals surface area contributed by atoms with Crippen LogP contribution >= 0.6 is 0 Å². The van der Waals surface area contributed by atoms with Gasteiger partial charge in [0.25, 0.3) is 0 Å². The molecule has 0 aliphatic heterocycles. The van der Waals surface area contributed by atoms with Crippen molar-refractivity contribution >= 4 is 5.95 Å². The van der Waals surface area contributed by atoms with Gasteiger partial charge in [-0.2, -0.15) is 5.10 Å². The van der Waals surface area contributed by atoms with Gasteiger partial charge in [-0.3, -0.25) is 4.68 Å². The second-order valence-electron chi connectivity index (χ2n) is 7.52. The van der Waals surface area contributed by atoms with Crippen molar-refractivity contribution in [2.45, 2.75) is 45.6 Å². The third-order valence-electron chi connectivity index (χ3n) is 5.48. The molecule has 3 aromatic rings. The highest BCUT2D eigenvalue weighted by Gasteiger charge is 2.24. The fraction of sp³-hybridized carbons (Fsp3) is 0.409. The quantitative estimate of drug-likeness (QED) is 0.730. The summed E-state index contributed by atoms with van der Waals surface area (Å²) in [6.07, 6.45) is 6.19. The number of hydrogen-bond acceptors (Lipinski definition) is 5. The zero-order valence-electron chi connectivity index (χ0n) is 17.0. The number of rotatable bonds is 5. The molecule has 6 heteroatoms. The monoisotopic (exact) mass is 377 g/mol. The van der Waals surface area contributed by atoms with E-state index in [4.69, 9.17) is 14.7 Å². The largest absolute Gasteiger partial charge is 0.497 e. The van der Waals surface area contributed by atoms with Gasteiger partial charge in [-0.05, 0) is 56.4 Å². The molecular weight excluding hydrogens is 350 g/mol. The first-order valence-corrected chi connectivity index (χ1v) is 9.79. The number of aromatic nitrogens is 4. The lowest BCUT2D eigenvalue weighted by atomic mass is 9.93. The Morgan fingerprint density at radius 3 is 2.54 bits per heavy atom. The highest BCUT2D eigenvalue weighted by atomic mass is 16.5. The third kappa shape index (κ3) is 3.72. The molecule has 0 spiro atoms. The predicted molar refractivity (Wildman–Crippen MR) is 110 cm³/mol. The van der Waals surface area contributed by atoms with Crippen molar-refractivity contribution in [1.82, 2.24) is 19.7 Å². The number of methoxy groups -OCH3 is 1. The minimum absolute atomic E-state index is 0.226. The number of ether oxygens (including phenoxy) is 1. The van der Waals surface area contributed by atoms with Crippen LogP contribution < -0.4 is 10.1 Å². The molecule has 1 aromatic carbocycles. The van der Waals surface area contributed by atoms with Crippen LogP contribution in [0.1, 0.15) is 52.7 Å². The molecule has 4 rings (SSSR count). The summed E-state index contributed by atoms with van der Waals surface area (Å²) in [7, 11) is 3.66. The summed E-state index contributed by atoms with van der Waals surface area (Å²) in [5.41, 5.74) is 6.91. The third-order valence-corrected chi connectivity index (χ3v) is 5.48. The molecular formula is C22H27N5O. The van der Waals surface area contributed by atoms with Crippen molar-refractivity contribution in [2.75, 3.05) is 12.4 Å². The molecule has 6 nitrogen and oxygen atoms in total. The van der Waals surface area contributed by atoms with Crippen LogP contribution in [0.2, 0.25) is 0 Å². The number of hydrogen-bond donors (Lipinski definition) is 1. The molecule has 1 unspecified atom stereocenters. The van der Waals surface area contributed by atoms with Gasteiger partial charge in [0, 0.05) is 36.6 Å². The number of fused-ring (bicyclic) bond motifs is 1. The maximum absolute atomic E-state index is 5.24. The molecule has 1 atom stereocenters. The first kappa shape index (κ1) is 18.5. The van der Waals surface area contributed by atoms with Crippen molar-refractivity contribution in [3.63, 3.8) is 0 Å². The van der Waals surface area contributed by atoms with E-state index in [0.717, 1.165) is 42.8 Å². The van der Waals surface area contributed by atoms with Crippen LogP contribution in [0.3, 0.4) is 0 Å². The average molecular weight is 377 g/mol. The zero-order valence-corrected chi connectivity index (χ0v) is 17.0. The van der Waals surface area contributed by atoms with Crippen LogP contribution in [0, 0.1) is 13.8 Å². The van der Waals surface area contributed by atoms with Crippen molar-refractivity contribution < 1.29 is 4.74 Å². The van der Waals surface area contributed by atoms with E-state index in [9.17, 15) is 0 Å². The molecule has 2 aromatic heterocycles. The van der Waals surface area contributed by atoms with Gasteiger partial charge in [-0.15, -0.1) is 0 Å². The molecule has 0 bridgehead atoms. The van der Waals surface area contributed by atoms with E-state index in [0.29, 0.717) is 5.95 Å². The summed E-state index contributed by atoms with van der Waals surface area (Å²) in [6, 6.07) is 8.39. The maximum atomic E-state index is 5.24. The molecule has 28 heavy (non-hydrogen) atoms. The first-order chi connectivity index (χ1) is 13.5. The van der Waals surface area contributed by atoms with Crippen molar-refractivity contribution in [1.29, 1.82) is 0 Å². The van der Waals surface area contributed by atoms with Crippen molar-refractivity contribution in [2.24, 2.45) is 7.05 Å². The second kappa shape index (κ2) is 7.62. The van der Waals surface area contributed by atoms with E-state index in [-0.39, 0.29) is 6.04 Å². The lowest BCUT2D eigenvalue weighted by molar-refractivity contribution is 0.414. The molecule has 1 aliphatic carbocycles. The van der Waals surface area contributed by atoms with E-state index < -0.39 is 0 Å². The number of nitrogens with zero attached hydrogens (tertiary/aromatic N) is 4. The summed E-state index contributed by atoms with van der Waals surface area (Å²) >= 11 is 0.